The van der Waals surface area contributed by atoms with Gasteiger partial charge in [-0.1, -0.05) is 102 Å². The number of allylic oxidation sites excluding steroid dienone is 4. The first kappa shape index (κ1) is 21.6. The summed E-state index contributed by atoms with van der Waals surface area (Å²) in [6.07, 6.45) is 10.2. The van der Waals surface area contributed by atoms with Gasteiger partial charge in [-0.15, -0.1) is 0 Å². The summed E-state index contributed by atoms with van der Waals surface area (Å²) >= 11 is 0. The van der Waals surface area contributed by atoms with Crippen LogP contribution in [0.2, 0.25) is 0 Å². The molecule has 0 unspecified atom stereocenters. The van der Waals surface area contributed by atoms with Crippen LogP contribution in [0.25, 0.3) is 28.3 Å². The molecular weight excluding hydrogens is 420 g/mol. The van der Waals surface area contributed by atoms with E-state index in [9.17, 15) is 0 Å². The van der Waals surface area contributed by atoms with Crippen molar-refractivity contribution in [3.8, 4) is 11.1 Å². The van der Waals surface area contributed by atoms with Gasteiger partial charge in [-0.05, 0) is 107 Å². The van der Waals surface area contributed by atoms with Gasteiger partial charge in [0.2, 0.25) is 0 Å². The largest absolute Gasteiger partial charge is 0.0801 e. The zero-order valence-electron chi connectivity index (χ0n) is 20.9. The molecule has 0 atom stereocenters. The van der Waals surface area contributed by atoms with Crippen LogP contribution in [0.1, 0.15) is 50.9 Å². The van der Waals surface area contributed by atoms with Crippen molar-refractivity contribution in [2.45, 2.75) is 34.1 Å². The molecule has 6 rings (SSSR count). The number of hydrogen-bond donors (Lipinski definition) is 0. The highest BCUT2D eigenvalue weighted by atomic mass is 14.2. The highest BCUT2D eigenvalue weighted by Crippen LogP contribution is 2.32. The first-order valence-electron chi connectivity index (χ1n) is 12.5. The van der Waals surface area contributed by atoms with Gasteiger partial charge in [0.05, 0.1) is 0 Å². The molecule has 0 saturated heterocycles. The summed E-state index contributed by atoms with van der Waals surface area (Å²) in [7, 11) is 0. The third kappa shape index (κ3) is 3.70. The maximum atomic E-state index is 2.45. The molecule has 0 aliphatic heterocycles. The van der Waals surface area contributed by atoms with Gasteiger partial charge in [-0.2, -0.15) is 0 Å². The third-order valence-corrected chi connectivity index (χ3v) is 7.47. The Kier molecular flexibility index (Phi) is 5.19. The number of aryl methyl sites for hydroxylation is 3. The van der Waals surface area contributed by atoms with E-state index in [-0.39, 0.29) is 0 Å². The number of benzene rings is 4. The smallest absolute Gasteiger partial charge is 0.00357 e. The molecule has 0 nitrogen and oxygen atoms in total. The zero-order valence-corrected chi connectivity index (χ0v) is 20.9. The third-order valence-electron chi connectivity index (χ3n) is 7.47. The molecule has 4 aromatic rings. The lowest BCUT2D eigenvalue weighted by Crippen LogP contribution is -2.23. The van der Waals surface area contributed by atoms with E-state index < -0.39 is 0 Å². The van der Waals surface area contributed by atoms with Crippen LogP contribution in [0.3, 0.4) is 0 Å². The summed E-state index contributed by atoms with van der Waals surface area (Å²) in [6, 6.07) is 27.3. The lowest BCUT2D eigenvalue weighted by molar-refractivity contribution is 1.29. The van der Waals surface area contributed by atoms with Gasteiger partial charge in [0, 0.05) is 0 Å². The van der Waals surface area contributed by atoms with E-state index in [0.717, 1.165) is 6.42 Å². The molecule has 0 heteroatoms. The van der Waals surface area contributed by atoms with E-state index in [4.69, 9.17) is 0 Å². The van der Waals surface area contributed by atoms with Crippen molar-refractivity contribution >= 4 is 17.2 Å². The van der Waals surface area contributed by atoms with Crippen LogP contribution in [0.5, 0.6) is 0 Å². The Hall–Kier alpha value is -3.90. The number of hydrogen-bond acceptors (Lipinski definition) is 0. The first-order chi connectivity index (χ1) is 17.0. The van der Waals surface area contributed by atoms with E-state index in [2.05, 4.69) is 125 Å². The number of fused-ring (bicyclic) bond motifs is 3. The minimum absolute atomic E-state index is 0.990. The summed E-state index contributed by atoms with van der Waals surface area (Å²) in [5, 5.41) is 2.69. The second-order valence-electron chi connectivity index (χ2n) is 10.1. The average Bonchev–Trinajstić information content (AvgIpc) is 3.50. The topological polar surface area (TPSA) is 0 Å². The maximum absolute atomic E-state index is 2.45. The van der Waals surface area contributed by atoms with Crippen molar-refractivity contribution < 1.29 is 0 Å². The zero-order chi connectivity index (χ0) is 24.1. The molecule has 0 spiro atoms. The Morgan fingerprint density at radius 3 is 1.89 bits per heavy atom. The fourth-order valence-corrected chi connectivity index (χ4v) is 5.60. The minimum Gasteiger partial charge on any atom is -0.0801 e. The van der Waals surface area contributed by atoms with Crippen molar-refractivity contribution in [2.24, 2.45) is 0 Å². The van der Waals surface area contributed by atoms with Gasteiger partial charge in [0.1, 0.15) is 0 Å². The van der Waals surface area contributed by atoms with Crippen LogP contribution in [0, 0.1) is 27.7 Å². The highest BCUT2D eigenvalue weighted by Gasteiger charge is 2.21. The molecule has 2 aliphatic carbocycles. The van der Waals surface area contributed by atoms with Crippen molar-refractivity contribution in [3.05, 3.63) is 146 Å². The first-order valence-corrected chi connectivity index (χ1v) is 12.5. The second kappa shape index (κ2) is 8.40. The Balaban J connectivity index is 1.77. The van der Waals surface area contributed by atoms with Crippen LogP contribution < -0.4 is 10.4 Å². The van der Waals surface area contributed by atoms with Crippen molar-refractivity contribution in [3.63, 3.8) is 0 Å². The van der Waals surface area contributed by atoms with Gasteiger partial charge >= 0.3 is 0 Å². The molecule has 2 aliphatic rings. The van der Waals surface area contributed by atoms with Crippen LogP contribution in [0.15, 0.2) is 91.0 Å². The molecule has 35 heavy (non-hydrogen) atoms. The average molecular weight is 451 g/mol. The van der Waals surface area contributed by atoms with Crippen LogP contribution >= 0.6 is 0 Å². The monoisotopic (exact) mass is 450 g/mol. The molecule has 0 N–H and O–H groups in total. The summed E-state index contributed by atoms with van der Waals surface area (Å²) in [4.78, 5) is 0. The van der Waals surface area contributed by atoms with Crippen LogP contribution in [-0.2, 0) is 0 Å². The van der Waals surface area contributed by atoms with E-state index >= 15 is 0 Å². The van der Waals surface area contributed by atoms with Gasteiger partial charge < -0.3 is 0 Å². The molecule has 0 fully saturated rings. The Morgan fingerprint density at radius 1 is 0.657 bits per heavy atom. The molecule has 0 heterocycles. The van der Waals surface area contributed by atoms with E-state index in [1.807, 2.05) is 0 Å². The summed E-state index contributed by atoms with van der Waals surface area (Å²) in [5.74, 6) is 0. The van der Waals surface area contributed by atoms with E-state index in [1.165, 1.54) is 77.2 Å². The quantitative estimate of drug-likeness (QED) is 0.270. The van der Waals surface area contributed by atoms with Gasteiger partial charge in [-0.3, -0.25) is 0 Å². The minimum atomic E-state index is 0.990. The lowest BCUT2D eigenvalue weighted by atomic mass is 9.87. The molecule has 4 aromatic carbocycles. The second-order valence-corrected chi connectivity index (χ2v) is 10.1. The molecule has 0 bridgehead atoms. The highest BCUT2D eigenvalue weighted by molar-refractivity contribution is 5.90. The molecular formula is C35H30. The van der Waals surface area contributed by atoms with Crippen molar-refractivity contribution in [2.75, 3.05) is 0 Å². The maximum Gasteiger partial charge on any atom is -0.00357 e. The van der Waals surface area contributed by atoms with Crippen molar-refractivity contribution in [1.82, 2.24) is 0 Å². The van der Waals surface area contributed by atoms with Crippen LogP contribution in [0.4, 0.5) is 0 Å². The number of rotatable bonds is 3. The summed E-state index contributed by atoms with van der Waals surface area (Å²) in [6.45, 7) is 8.80. The van der Waals surface area contributed by atoms with Crippen LogP contribution in [-0.4, -0.2) is 0 Å². The van der Waals surface area contributed by atoms with Crippen molar-refractivity contribution in [1.29, 1.82) is 0 Å². The summed E-state index contributed by atoms with van der Waals surface area (Å²) in [5.41, 5.74) is 15.9. The SMILES string of the molecule is Cc1ccc(C(c2ccc(C)cc2)=c2cc3c(c(C4=CC=CC4)c2C)=Cc2cc(C)ccc2-3)cc1. The Labute approximate surface area is 208 Å². The standard InChI is InChI=1S/C35H30/c1-22-9-14-27(15-10-22)35(28-16-11-23(2)12-17-28)31-21-32-30-18-13-24(3)19-29(30)20-33(32)34(25(31)4)26-7-5-6-8-26/h5-7,9-21H,8H2,1-4H3. The summed E-state index contributed by atoms with van der Waals surface area (Å²) < 4.78 is 0. The molecule has 0 radical (unpaired) electrons. The molecule has 0 saturated carbocycles. The van der Waals surface area contributed by atoms with Gasteiger partial charge in [-0.25, -0.2) is 0 Å². The van der Waals surface area contributed by atoms with Gasteiger partial charge in [0.15, 0.2) is 0 Å². The van der Waals surface area contributed by atoms with E-state index in [1.54, 1.807) is 0 Å². The normalized spacial score (nSPS) is 13.3. The fourth-order valence-electron chi connectivity index (χ4n) is 5.60. The molecule has 0 amide bonds. The molecule has 170 valence electrons. The predicted molar refractivity (Wildman–Crippen MR) is 150 cm³/mol. The fraction of sp³-hybridized carbons (Fsp3) is 0.143. The van der Waals surface area contributed by atoms with E-state index in [0.29, 0.717) is 0 Å². The Bertz CT molecular complexity index is 1610. The lowest BCUT2D eigenvalue weighted by Gasteiger charge is -2.17. The van der Waals surface area contributed by atoms with Gasteiger partial charge in [0.25, 0.3) is 0 Å². The Morgan fingerprint density at radius 2 is 1.29 bits per heavy atom. The molecule has 0 aromatic heterocycles. The predicted octanol–water partition coefficient (Wildman–Crippen LogP) is 7.32.